The van der Waals surface area contributed by atoms with Crippen LogP contribution < -0.4 is 14.4 Å². The number of hydrogen-bond acceptors (Lipinski definition) is 4. The molecule has 0 aliphatic carbocycles. The molecule has 0 saturated carbocycles. The van der Waals surface area contributed by atoms with Gasteiger partial charge in [-0.1, -0.05) is 30.3 Å². The summed E-state index contributed by atoms with van der Waals surface area (Å²) < 4.78 is 10.9. The summed E-state index contributed by atoms with van der Waals surface area (Å²) in [6.45, 7) is 2.74. The van der Waals surface area contributed by atoms with E-state index in [1.807, 2.05) is 31.3 Å². The lowest BCUT2D eigenvalue weighted by molar-refractivity contribution is -0.132. The number of benzene rings is 2. The monoisotopic (exact) mass is 368 g/mol. The van der Waals surface area contributed by atoms with Crippen LogP contribution >= 0.6 is 0 Å². The predicted molar refractivity (Wildman–Crippen MR) is 107 cm³/mol. The number of carbonyl (C=O) groups is 1. The van der Waals surface area contributed by atoms with E-state index in [1.54, 1.807) is 18.1 Å². The third-order valence-corrected chi connectivity index (χ3v) is 4.94. The molecule has 5 heteroatoms. The van der Waals surface area contributed by atoms with E-state index < -0.39 is 0 Å². The van der Waals surface area contributed by atoms with Crippen molar-refractivity contribution in [3.63, 3.8) is 0 Å². The number of likely N-dealkylation sites (N-methyl/N-ethyl adjacent to an activating group) is 1. The Morgan fingerprint density at radius 3 is 2.41 bits per heavy atom. The van der Waals surface area contributed by atoms with E-state index in [1.165, 1.54) is 30.5 Å². The first-order valence-electron chi connectivity index (χ1n) is 9.51. The van der Waals surface area contributed by atoms with E-state index in [9.17, 15) is 4.79 Å². The average molecular weight is 368 g/mol. The second-order valence-corrected chi connectivity index (χ2v) is 6.87. The summed E-state index contributed by atoms with van der Waals surface area (Å²) in [6.07, 6.45) is 3.77. The summed E-state index contributed by atoms with van der Waals surface area (Å²) >= 11 is 0. The minimum Gasteiger partial charge on any atom is -0.493 e. The van der Waals surface area contributed by atoms with Gasteiger partial charge in [0.2, 0.25) is 0 Å². The fourth-order valence-electron chi connectivity index (χ4n) is 3.42. The first-order chi connectivity index (χ1) is 13.2. The molecule has 3 rings (SSSR count). The van der Waals surface area contributed by atoms with Crippen LogP contribution in [0, 0.1) is 0 Å². The first kappa shape index (κ1) is 19.1. The molecule has 0 spiro atoms. The molecule has 0 radical (unpaired) electrons. The summed E-state index contributed by atoms with van der Waals surface area (Å²) in [4.78, 5) is 16.7. The van der Waals surface area contributed by atoms with E-state index >= 15 is 0 Å². The molecule has 1 aliphatic heterocycles. The summed E-state index contributed by atoms with van der Waals surface area (Å²) in [5.74, 6) is 1.15. The molecule has 1 aliphatic rings. The molecule has 0 atom stereocenters. The third kappa shape index (κ3) is 4.94. The van der Waals surface area contributed by atoms with Gasteiger partial charge in [-0.2, -0.15) is 0 Å². The number of methoxy groups -OCH3 is 1. The molecular weight excluding hydrogens is 340 g/mol. The van der Waals surface area contributed by atoms with Crippen molar-refractivity contribution in [2.45, 2.75) is 25.8 Å². The summed E-state index contributed by atoms with van der Waals surface area (Å²) in [5.41, 5.74) is 2.41. The number of hydrogen-bond donors (Lipinski definition) is 0. The van der Waals surface area contributed by atoms with Crippen LogP contribution in [-0.4, -0.2) is 44.7 Å². The van der Waals surface area contributed by atoms with Gasteiger partial charge in [0.05, 0.1) is 7.11 Å². The zero-order valence-electron chi connectivity index (χ0n) is 16.2. The lowest BCUT2D eigenvalue weighted by Gasteiger charge is -2.31. The molecule has 144 valence electrons. The van der Waals surface area contributed by atoms with Crippen LogP contribution in [0.4, 0.5) is 5.69 Å². The first-order valence-corrected chi connectivity index (χ1v) is 9.51. The fraction of sp³-hybridized carbons (Fsp3) is 0.409. The fourth-order valence-corrected chi connectivity index (χ4v) is 3.42. The Labute approximate surface area is 161 Å². The Bertz CT molecular complexity index is 757. The van der Waals surface area contributed by atoms with Crippen molar-refractivity contribution in [1.29, 1.82) is 0 Å². The van der Waals surface area contributed by atoms with Crippen LogP contribution in [0.25, 0.3) is 0 Å². The number of piperidine rings is 1. The third-order valence-electron chi connectivity index (χ3n) is 4.94. The number of nitrogens with zero attached hydrogens (tertiary/aromatic N) is 2. The number of para-hydroxylation sites is 3. The Kier molecular flexibility index (Phi) is 6.58. The van der Waals surface area contributed by atoms with E-state index in [4.69, 9.17) is 9.47 Å². The van der Waals surface area contributed by atoms with E-state index in [-0.39, 0.29) is 12.5 Å². The zero-order valence-corrected chi connectivity index (χ0v) is 16.2. The average Bonchev–Trinajstić information content (AvgIpc) is 2.73. The molecule has 1 fully saturated rings. The molecule has 2 aromatic rings. The van der Waals surface area contributed by atoms with Gasteiger partial charge in [0.15, 0.2) is 18.1 Å². The highest BCUT2D eigenvalue weighted by Crippen LogP contribution is 2.27. The van der Waals surface area contributed by atoms with Crippen LogP contribution in [0.3, 0.4) is 0 Å². The van der Waals surface area contributed by atoms with Gasteiger partial charge in [-0.05, 0) is 43.0 Å². The molecule has 0 bridgehead atoms. The molecule has 0 unspecified atom stereocenters. The Hall–Kier alpha value is -2.69. The molecule has 1 amide bonds. The number of carbonyl (C=O) groups excluding carboxylic acids is 1. The van der Waals surface area contributed by atoms with E-state index in [0.29, 0.717) is 18.0 Å². The lowest BCUT2D eigenvalue weighted by Crippen LogP contribution is -2.33. The van der Waals surface area contributed by atoms with Crippen molar-refractivity contribution >= 4 is 11.6 Å². The minimum absolute atomic E-state index is 0.0112. The summed E-state index contributed by atoms with van der Waals surface area (Å²) in [5, 5.41) is 0. The molecule has 1 heterocycles. The molecule has 27 heavy (non-hydrogen) atoms. The van der Waals surface area contributed by atoms with Gasteiger partial charge >= 0.3 is 0 Å². The SMILES string of the molecule is COc1ccccc1OCC(=O)N(C)Cc1ccccc1N1CCCCC1. The van der Waals surface area contributed by atoms with Crippen LogP contribution in [0.15, 0.2) is 48.5 Å². The number of rotatable bonds is 7. The van der Waals surface area contributed by atoms with Gasteiger partial charge in [0.25, 0.3) is 5.91 Å². The maximum absolute atomic E-state index is 12.6. The van der Waals surface area contributed by atoms with Crippen molar-refractivity contribution in [2.75, 3.05) is 38.8 Å². The zero-order chi connectivity index (χ0) is 19.1. The van der Waals surface area contributed by atoms with Gasteiger partial charge < -0.3 is 19.3 Å². The largest absolute Gasteiger partial charge is 0.493 e. The van der Waals surface area contributed by atoms with Crippen molar-refractivity contribution in [3.05, 3.63) is 54.1 Å². The standard InChI is InChI=1S/C22H28N2O3/c1-23(22(25)17-27-21-13-7-6-12-20(21)26-2)16-18-10-4-5-11-19(18)24-14-8-3-9-15-24/h4-7,10-13H,3,8-9,14-17H2,1-2H3. The molecule has 1 saturated heterocycles. The second kappa shape index (κ2) is 9.31. The molecule has 5 nitrogen and oxygen atoms in total. The normalized spacial score (nSPS) is 13.9. The number of ether oxygens (including phenoxy) is 2. The maximum Gasteiger partial charge on any atom is 0.260 e. The highest BCUT2D eigenvalue weighted by molar-refractivity contribution is 5.77. The minimum atomic E-state index is -0.0608. The molecular formula is C22H28N2O3. The van der Waals surface area contributed by atoms with E-state index in [0.717, 1.165) is 13.1 Å². The van der Waals surface area contributed by atoms with Gasteiger partial charge in [-0.25, -0.2) is 0 Å². The highest BCUT2D eigenvalue weighted by atomic mass is 16.5. The molecule has 0 N–H and O–H groups in total. The van der Waals surface area contributed by atoms with Crippen LogP contribution in [0.5, 0.6) is 11.5 Å². The van der Waals surface area contributed by atoms with Gasteiger partial charge in [0.1, 0.15) is 0 Å². The van der Waals surface area contributed by atoms with Gasteiger partial charge in [-0.15, -0.1) is 0 Å². The predicted octanol–water partition coefficient (Wildman–Crippen LogP) is 3.72. The second-order valence-electron chi connectivity index (χ2n) is 6.87. The highest BCUT2D eigenvalue weighted by Gasteiger charge is 2.17. The quantitative estimate of drug-likeness (QED) is 0.747. The van der Waals surface area contributed by atoms with Gasteiger partial charge in [-0.3, -0.25) is 4.79 Å². The van der Waals surface area contributed by atoms with Crippen LogP contribution in [0.2, 0.25) is 0 Å². The van der Waals surface area contributed by atoms with Gasteiger partial charge in [0, 0.05) is 32.4 Å². The Morgan fingerprint density at radius 1 is 1.00 bits per heavy atom. The van der Waals surface area contributed by atoms with Crippen LogP contribution in [-0.2, 0) is 11.3 Å². The smallest absolute Gasteiger partial charge is 0.260 e. The van der Waals surface area contributed by atoms with Crippen molar-refractivity contribution in [3.8, 4) is 11.5 Å². The lowest BCUT2D eigenvalue weighted by atomic mass is 10.1. The van der Waals surface area contributed by atoms with Crippen LogP contribution in [0.1, 0.15) is 24.8 Å². The number of amides is 1. The Balaban J connectivity index is 1.61. The number of anilines is 1. The summed E-state index contributed by atoms with van der Waals surface area (Å²) in [6, 6.07) is 15.7. The van der Waals surface area contributed by atoms with Crippen molar-refractivity contribution < 1.29 is 14.3 Å². The van der Waals surface area contributed by atoms with E-state index in [2.05, 4.69) is 23.1 Å². The maximum atomic E-state index is 12.6. The molecule has 2 aromatic carbocycles. The molecule has 0 aromatic heterocycles. The topological polar surface area (TPSA) is 42.0 Å². The Morgan fingerprint density at radius 2 is 1.67 bits per heavy atom. The van der Waals surface area contributed by atoms with Crippen molar-refractivity contribution in [2.24, 2.45) is 0 Å². The van der Waals surface area contributed by atoms with Crippen molar-refractivity contribution in [1.82, 2.24) is 4.90 Å². The summed E-state index contributed by atoms with van der Waals surface area (Å²) in [7, 11) is 3.41.